The van der Waals surface area contributed by atoms with Gasteiger partial charge in [-0.15, -0.1) is 6.58 Å². The third-order valence-corrected chi connectivity index (χ3v) is 6.12. The number of nitrogens with zero attached hydrogens (tertiary/aromatic N) is 1. The highest BCUT2D eigenvalue weighted by molar-refractivity contribution is 7.98. The third-order valence-electron chi connectivity index (χ3n) is 4.10. The Kier molecular flexibility index (Phi) is 5.01. The molecule has 4 heteroatoms. The Bertz CT molecular complexity index is 607. The van der Waals surface area contributed by atoms with E-state index < -0.39 is 9.71 Å². The van der Waals surface area contributed by atoms with Gasteiger partial charge in [-0.05, 0) is 31.2 Å². The molecule has 114 valence electrons. The van der Waals surface area contributed by atoms with E-state index in [4.69, 9.17) is 0 Å². The zero-order valence-corrected chi connectivity index (χ0v) is 13.3. The molecule has 1 saturated heterocycles. The van der Waals surface area contributed by atoms with Crippen LogP contribution >= 0.6 is 0 Å². The van der Waals surface area contributed by atoms with E-state index in [1.807, 2.05) is 22.5 Å². The summed E-state index contributed by atoms with van der Waals surface area (Å²) in [5.74, 6) is 4.40. The number of rotatable bonds is 5. The lowest BCUT2D eigenvalue weighted by atomic mass is 9.89. The molecule has 1 aromatic carbocycles. The molecule has 21 heavy (non-hydrogen) atoms. The Morgan fingerprint density at radius 3 is 2.62 bits per heavy atom. The van der Waals surface area contributed by atoms with Crippen molar-refractivity contribution in [3.05, 3.63) is 48.6 Å². The fourth-order valence-electron chi connectivity index (χ4n) is 2.93. The molecule has 0 bridgehead atoms. The number of piperidine rings is 1. The average molecular weight is 305 g/mol. The van der Waals surface area contributed by atoms with Crippen LogP contribution in [0.25, 0.3) is 0 Å². The summed E-state index contributed by atoms with van der Waals surface area (Å²) in [6.45, 7) is 5.81. The molecule has 0 radical (unpaired) electrons. The van der Waals surface area contributed by atoms with Gasteiger partial charge in [-0.2, -0.15) is 0 Å². The van der Waals surface area contributed by atoms with Gasteiger partial charge < -0.3 is 0 Å². The monoisotopic (exact) mass is 305 g/mol. The maximum absolute atomic E-state index is 12.9. The van der Waals surface area contributed by atoms with Gasteiger partial charge in [-0.3, -0.25) is 9.00 Å². The van der Waals surface area contributed by atoms with Crippen LogP contribution in [0.1, 0.15) is 31.4 Å². The van der Waals surface area contributed by atoms with Crippen LogP contribution in [0.15, 0.2) is 43.0 Å². The van der Waals surface area contributed by atoms with Gasteiger partial charge in [0.25, 0.3) is 0 Å². The van der Waals surface area contributed by atoms with Gasteiger partial charge in [0.15, 0.2) is 0 Å². The molecule has 1 aliphatic rings. The van der Waals surface area contributed by atoms with Crippen molar-refractivity contribution >= 4 is 21.4 Å². The van der Waals surface area contributed by atoms with Gasteiger partial charge in [-0.25, -0.2) is 4.31 Å². The van der Waals surface area contributed by atoms with E-state index in [-0.39, 0.29) is 17.7 Å². The van der Waals surface area contributed by atoms with Gasteiger partial charge in [0.1, 0.15) is 5.78 Å². The molecule has 3 nitrogen and oxygen atoms in total. The molecule has 1 fully saturated rings. The number of carbonyl (C=O) groups is 1. The van der Waals surface area contributed by atoms with Crippen LogP contribution < -0.4 is 0 Å². The fraction of sp³-hybridized carbons (Fsp3) is 0.412. The summed E-state index contributed by atoms with van der Waals surface area (Å²) < 4.78 is 14.9. The zero-order valence-electron chi connectivity index (χ0n) is 12.5. The second kappa shape index (κ2) is 6.58. The van der Waals surface area contributed by atoms with Crippen LogP contribution in [0.4, 0.5) is 0 Å². The Balaban J connectivity index is 2.35. The summed E-state index contributed by atoms with van der Waals surface area (Å²) in [4.78, 5) is 11.7. The predicted octanol–water partition coefficient (Wildman–Crippen LogP) is 2.85. The molecule has 0 N–H and O–H groups in total. The van der Waals surface area contributed by atoms with E-state index in [2.05, 4.69) is 24.6 Å². The quantitative estimate of drug-likeness (QED) is 0.619. The first-order chi connectivity index (χ1) is 9.95. The highest BCUT2D eigenvalue weighted by Crippen LogP contribution is 2.35. The van der Waals surface area contributed by atoms with Gasteiger partial charge in [-0.1, -0.05) is 36.4 Å². The number of carbonyl (C=O) groups excluding carboxylic acids is 1. The molecule has 0 amide bonds. The molecule has 0 aliphatic carbocycles. The topological polar surface area (TPSA) is 37.4 Å². The number of Topliss-reactive ketones (excluding diaryl/α,β-unsaturated/α-hetero) is 1. The van der Waals surface area contributed by atoms with Gasteiger partial charge in [0, 0.05) is 34.0 Å². The first kappa shape index (κ1) is 16.0. The van der Waals surface area contributed by atoms with E-state index in [1.165, 1.54) is 0 Å². The van der Waals surface area contributed by atoms with Crippen molar-refractivity contribution in [2.45, 2.75) is 25.8 Å². The molecule has 1 aliphatic heterocycles. The minimum absolute atomic E-state index is 0.0441. The smallest absolute Gasteiger partial charge is 0.134 e. The molecule has 3 atom stereocenters. The molecule has 0 spiro atoms. The maximum atomic E-state index is 12.9. The lowest BCUT2D eigenvalue weighted by Crippen LogP contribution is -2.44. The summed E-state index contributed by atoms with van der Waals surface area (Å²) in [7, 11) is -2.43. The van der Waals surface area contributed by atoms with Crippen LogP contribution in [0.5, 0.6) is 0 Å². The molecule has 3 unspecified atom stereocenters. The first-order valence-corrected chi connectivity index (χ1v) is 9.09. The lowest BCUT2D eigenvalue weighted by molar-refractivity contribution is -0.122. The molecular formula is C17H23NO2S. The Hall–Kier alpha value is -1.39. The van der Waals surface area contributed by atoms with Crippen molar-refractivity contribution < 1.29 is 9.00 Å². The number of hydrogen-bond donors (Lipinski definition) is 0. The summed E-state index contributed by atoms with van der Waals surface area (Å²) in [6, 6.07) is 10.1. The van der Waals surface area contributed by atoms with Crippen molar-refractivity contribution in [2.24, 2.45) is 5.92 Å². The van der Waals surface area contributed by atoms with Crippen molar-refractivity contribution in [2.75, 3.05) is 12.3 Å². The minimum atomic E-state index is -2.43. The van der Waals surface area contributed by atoms with Crippen molar-refractivity contribution in [3.63, 3.8) is 0 Å². The highest BCUT2D eigenvalue weighted by atomic mass is 32.2. The Morgan fingerprint density at radius 2 is 2.05 bits per heavy atom. The second-order valence-corrected chi connectivity index (χ2v) is 7.99. The number of hydrogen-bond acceptors (Lipinski definition) is 2. The molecule has 2 rings (SSSR count). The Labute approximate surface area is 127 Å². The standard InChI is InChI=1S/C17H23NO2S/c1-4-12-21(3,20)18-13-16(14(2)19)10-11-17(18)15-8-6-5-7-9-15/h4-9,16-17H,1,3,10-13H2,2H3. The van der Waals surface area contributed by atoms with Crippen LogP contribution in [0.2, 0.25) is 0 Å². The fourth-order valence-corrected chi connectivity index (χ4v) is 4.63. The minimum Gasteiger partial charge on any atom is -0.300 e. The normalized spacial score (nSPS) is 26.0. The van der Waals surface area contributed by atoms with Crippen LogP contribution in [0, 0.1) is 5.92 Å². The van der Waals surface area contributed by atoms with E-state index >= 15 is 0 Å². The van der Waals surface area contributed by atoms with Crippen LogP contribution in [-0.4, -0.2) is 32.5 Å². The average Bonchev–Trinajstić information content (AvgIpc) is 2.47. The molecule has 1 heterocycles. The SMILES string of the molecule is C=CCS(=C)(=O)N1CC(C(C)=O)CCC1c1ccccc1. The molecule has 0 saturated carbocycles. The number of ketones is 1. The first-order valence-electron chi connectivity index (χ1n) is 7.23. The molecule has 0 aromatic heterocycles. The van der Waals surface area contributed by atoms with E-state index in [0.29, 0.717) is 12.3 Å². The predicted molar refractivity (Wildman–Crippen MR) is 89.6 cm³/mol. The van der Waals surface area contributed by atoms with Gasteiger partial charge >= 0.3 is 0 Å². The number of benzene rings is 1. The van der Waals surface area contributed by atoms with E-state index in [1.54, 1.807) is 13.0 Å². The third kappa shape index (κ3) is 3.63. The summed E-state index contributed by atoms with van der Waals surface area (Å²) in [6.07, 6.45) is 3.32. The summed E-state index contributed by atoms with van der Waals surface area (Å²) in [5, 5.41) is 0. The van der Waals surface area contributed by atoms with E-state index in [9.17, 15) is 9.00 Å². The summed E-state index contributed by atoms with van der Waals surface area (Å²) >= 11 is 0. The summed E-state index contributed by atoms with van der Waals surface area (Å²) in [5.41, 5.74) is 1.14. The Morgan fingerprint density at radius 1 is 1.38 bits per heavy atom. The van der Waals surface area contributed by atoms with Gasteiger partial charge in [0.2, 0.25) is 0 Å². The van der Waals surface area contributed by atoms with Crippen molar-refractivity contribution in [3.8, 4) is 0 Å². The van der Waals surface area contributed by atoms with E-state index in [0.717, 1.165) is 18.4 Å². The second-order valence-electron chi connectivity index (χ2n) is 5.64. The van der Waals surface area contributed by atoms with Crippen molar-refractivity contribution in [1.82, 2.24) is 4.31 Å². The van der Waals surface area contributed by atoms with Crippen LogP contribution in [-0.2, 0) is 14.5 Å². The molecular weight excluding hydrogens is 282 g/mol. The van der Waals surface area contributed by atoms with Crippen molar-refractivity contribution in [1.29, 1.82) is 0 Å². The van der Waals surface area contributed by atoms with Gasteiger partial charge in [0.05, 0.1) is 0 Å². The lowest BCUT2D eigenvalue weighted by Gasteiger charge is -2.40. The largest absolute Gasteiger partial charge is 0.300 e. The molecule has 1 aromatic rings. The zero-order chi connectivity index (χ0) is 15.5. The maximum Gasteiger partial charge on any atom is 0.134 e. The van der Waals surface area contributed by atoms with Crippen LogP contribution in [0.3, 0.4) is 0 Å². The highest BCUT2D eigenvalue weighted by Gasteiger charge is 2.35.